The molecular formula is C22H22N4O. The highest BCUT2D eigenvalue weighted by Gasteiger charge is 2.23. The lowest BCUT2D eigenvalue weighted by Gasteiger charge is -2.13. The zero-order chi connectivity index (χ0) is 18.8. The molecule has 0 spiro atoms. The second-order valence-electron chi connectivity index (χ2n) is 6.97. The van der Waals surface area contributed by atoms with E-state index in [9.17, 15) is 4.79 Å². The Balaban J connectivity index is 1.69. The van der Waals surface area contributed by atoms with E-state index in [1.807, 2.05) is 62.4 Å². The fourth-order valence-corrected chi connectivity index (χ4v) is 2.98. The molecule has 1 aliphatic rings. The molecule has 1 amide bonds. The van der Waals surface area contributed by atoms with Gasteiger partial charge in [0.05, 0.1) is 0 Å². The van der Waals surface area contributed by atoms with Gasteiger partial charge in [-0.1, -0.05) is 48.5 Å². The Morgan fingerprint density at radius 2 is 1.67 bits per heavy atom. The van der Waals surface area contributed by atoms with Gasteiger partial charge in [0.1, 0.15) is 11.5 Å². The molecule has 0 bridgehead atoms. The van der Waals surface area contributed by atoms with E-state index in [2.05, 4.69) is 20.6 Å². The SMILES string of the molecule is Cc1cccc(C)c1NC(=O)c1cc(NC2CC2)nc(-c2ccccc2)n1. The summed E-state index contributed by atoms with van der Waals surface area (Å²) in [6.45, 7) is 3.97. The maximum absolute atomic E-state index is 12.9. The van der Waals surface area contributed by atoms with E-state index >= 15 is 0 Å². The van der Waals surface area contributed by atoms with E-state index < -0.39 is 0 Å². The van der Waals surface area contributed by atoms with Crippen molar-refractivity contribution >= 4 is 17.4 Å². The first-order valence-electron chi connectivity index (χ1n) is 9.19. The number of carbonyl (C=O) groups is 1. The third-order valence-electron chi connectivity index (χ3n) is 4.64. The van der Waals surface area contributed by atoms with Crippen molar-refractivity contribution in [2.45, 2.75) is 32.7 Å². The van der Waals surface area contributed by atoms with E-state index in [0.717, 1.165) is 35.2 Å². The number of rotatable bonds is 5. The van der Waals surface area contributed by atoms with Gasteiger partial charge in [-0.15, -0.1) is 0 Å². The van der Waals surface area contributed by atoms with Gasteiger partial charge in [-0.25, -0.2) is 9.97 Å². The first-order chi connectivity index (χ1) is 13.1. The van der Waals surface area contributed by atoms with Crippen LogP contribution in [-0.4, -0.2) is 21.9 Å². The average Bonchev–Trinajstić information content (AvgIpc) is 3.49. The van der Waals surface area contributed by atoms with Gasteiger partial charge in [-0.05, 0) is 37.8 Å². The maximum atomic E-state index is 12.9. The predicted octanol–water partition coefficient (Wildman–Crippen LogP) is 4.59. The summed E-state index contributed by atoms with van der Waals surface area (Å²) in [5, 5.41) is 6.39. The maximum Gasteiger partial charge on any atom is 0.274 e. The number of anilines is 2. The van der Waals surface area contributed by atoms with E-state index in [0.29, 0.717) is 23.4 Å². The minimum Gasteiger partial charge on any atom is -0.367 e. The molecule has 1 heterocycles. The number of nitrogens with one attached hydrogen (secondary N) is 2. The van der Waals surface area contributed by atoms with Crippen molar-refractivity contribution in [1.82, 2.24) is 9.97 Å². The lowest BCUT2D eigenvalue weighted by molar-refractivity contribution is 0.102. The van der Waals surface area contributed by atoms with E-state index in [4.69, 9.17) is 0 Å². The number of aromatic nitrogens is 2. The van der Waals surface area contributed by atoms with Gasteiger partial charge >= 0.3 is 0 Å². The molecule has 1 aromatic heterocycles. The Morgan fingerprint density at radius 1 is 0.963 bits per heavy atom. The van der Waals surface area contributed by atoms with Crippen LogP contribution in [0, 0.1) is 13.8 Å². The van der Waals surface area contributed by atoms with Gasteiger partial charge in [0.2, 0.25) is 0 Å². The lowest BCUT2D eigenvalue weighted by Crippen LogP contribution is -2.17. The first-order valence-corrected chi connectivity index (χ1v) is 9.19. The molecule has 5 nitrogen and oxygen atoms in total. The molecule has 2 N–H and O–H groups in total. The highest BCUT2D eigenvalue weighted by Crippen LogP contribution is 2.26. The zero-order valence-electron chi connectivity index (χ0n) is 15.5. The molecule has 136 valence electrons. The normalized spacial score (nSPS) is 13.3. The molecule has 0 atom stereocenters. The van der Waals surface area contributed by atoms with Gasteiger partial charge in [-0.2, -0.15) is 0 Å². The number of nitrogens with zero attached hydrogens (tertiary/aromatic N) is 2. The van der Waals surface area contributed by atoms with Gasteiger partial charge in [0.15, 0.2) is 5.82 Å². The van der Waals surface area contributed by atoms with Gasteiger partial charge in [0, 0.05) is 23.4 Å². The summed E-state index contributed by atoms with van der Waals surface area (Å²) >= 11 is 0. The molecule has 5 heteroatoms. The molecule has 1 saturated carbocycles. The molecule has 0 aliphatic heterocycles. The van der Waals surface area contributed by atoms with Crippen molar-refractivity contribution < 1.29 is 4.79 Å². The lowest BCUT2D eigenvalue weighted by atomic mass is 10.1. The van der Waals surface area contributed by atoms with Crippen molar-refractivity contribution in [3.8, 4) is 11.4 Å². The molecule has 1 aliphatic carbocycles. The molecular weight excluding hydrogens is 336 g/mol. The summed E-state index contributed by atoms with van der Waals surface area (Å²) in [6.07, 6.45) is 2.27. The number of benzene rings is 2. The monoisotopic (exact) mass is 358 g/mol. The fourth-order valence-electron chi connectivity index (χ4n) is 2.98. The summed E-state index contributed by atoms with van der Waals surface area (Å²) in [7, 11) is 0. The minimum absolute atomic E-state index is 0.231. The van der Waals surface area contributed by atoms with Crippen molar-refractivity contribution in [3.63, 3.8) is 0 Å². The number of hydrogen-bond acceptors (Lipinski definition) is 4. The van der Waals surface area contributed by atoms with E-state index in [-0.39, 0.29) is 5.91 Å². The van der Waals surface area contributed by atoms with E-state index in [1.54, 1.807) is 6.07 Å². The molecule has 3 aromatic rings. The molecule has 4 rings (SSSR count). The van der Waals surface area contributed by atoms with Gasteiger partial charge in [-0.3, -0.25) is 4.79 Å². The van der Waals surface area contributed by atoms with Crippen LogP contribution >= 0.6 is 0 Å². The number of hydrogen-bond donors (Lipinski definition) is 2. The minimum atomic E-state index is -0.231. The highest BCUT2D eigenvalue weighted by molar-refractivity contribution is 6.04. The number of amides is 1. The quantitative estimate of drug-likeness (QED) is 0.700. The Kier molecular flexibility index (Phi) is 4.59. The van der Waals surface area contributed by atoms with Crippen molar-refractivity contribution in [2.24, 2.45) is 0 Å². The Bertz CT molecular complexity index is 961. The molecule has 27 heavy (non-hydrogen) atoms. The van der Waals surface area contributed by atoms with E-state index in [1.165, 1.54) is 0 Å². The Hall–Kier alpha value is -3.21. The Labute approximate surface area is 158 Å². The van der Waals surface area contributed by atoms with Crippen molar-refractivity contribution in [1.29, 1.82) is 0 Å². The summed E-state index contributed by atoms with van der Waals surface area (Å²) in [5.74, 6) is 1.01. The number of para-hydroxylation sites is 1. The van der Waals surface area contributed by atoms with Crippen molar-refractivity contribution in [2.75, 3.05) is 10.6 Å². The highest BCUT2D eigenvalue weighted by atomic mass is 16.1. The van der Waals surface area contributed by atoms with Crippen LogP contribution in [0.3, 0.4) is 0 Å². The summed E-state index contributed by atoms with van der Waals surface area (Å²) in [5.41, 5.74) is 4.13. The molecule has 1 fully saturated rings. The summed E-state index contributed by atoms with van der Waals surface area (Å²) < 4.78 is 0. The Morgan fingerprint density at radius 3 is 2.33 bits per heavy atom. The van der Waals surface area contributed by atoms with Crippen LogP contribution in [-0.2, 0) is 0 Å². The first kappa shape index (κ1) is 17.2. The predicted molar refractivity (Wildman–Crippen MR) is 108 cm³/mol. The average molecular weight is 358 g/mol. The topological polar surface area (TPSA) is 66.9 Å². The summed E-state index contributed by atoms with van der Waals surface area (Å²) in [6, 6.07) is 17.8. The van der Waals surface area contributed by atoms with Crippen LogP contribution in [0.4, 0.5) is 11.5 Å². The molecule has 0 saturated heterocycles. The number of aryl methyl sites for hydroxylation is 2. The third-order valence-corrected chi connectivity index (χ3v) is 4.64. The standard InChI is InChI=1S/C22H22N4O/c1-14-7-6-8-15(2)20(14)26-22(27)18-13-19(23-17-11-12-17)25-21(24-18)16-9-4-3-5-10-16/h3-10,13,17H,11-12H2,1-2H3,(H,26,27)(H,23,24,25). The van der Waals surface area contributed by atoms with Gasteiger partial charge < -0.3 is 10.6 Å². The van der Waals surface area contributed by atoms with Crippen LogP contribution in [0.5, 0.6) is 0 Å². The van der Waals surface area contributed by atoms with Crippen LogP contribution in [0.15, 0.2) is 54.6 Å². The fraction of sp³-hybridized carbons (Fsp3) is 0.227. The van der Waals surface area contributed by atoms with Crippen LogP contribution in [0.25, 0.3) is 11.4 Å². The van der Waals surface area contributed by atoms with Crippen LogP contribution < -0.4 is 10.6 Å². The molecule has 0 unspecified atom stereocenters. The molecule has 0 radical (unpaired) electrons. The molecule has 2 aromatic carbocycles. The smallest absolute Gasteiger partial charge is 0.274 e. The second kappa shape index (κ2) is 7.19. The zero-order valence-corrected chi connectivity index (χ0v) is 15.5. The largest absolute Gasteiger partial charge is 0.367 e. The van der Waals surface area contributed by atoms with Crippen LogP contribution in [0.2, 0.25) is 0 Å². The van der Waals surface area contributed by atoms with Crippen molar-refractivity contribution in [3.05, 3.63) is 71.4 Å². The third kappa shape index (κ3) is 3.97. The van der Waals surface area contributed by atoms with Gasteiger partial charge in [0.25, 0.3) is 5.91 Å². The number of carbonyl (C=O) groups excluding carboxylic acids is 1. The summed E-state index contributed by atoms with van der Waals surface area (Å²) in [4.78, 5) is 22.1. The van der Waals surface area contributed by atoms with Crippen LogP contribution in [0.1, 0.15) is 34.5 Å². The second-order valence-corrected chi connectivity index (χ2v) is 6.97.